The number of carbonyl (C=O) groups is 2. The van der Waals surface area contributed by atoms with E-state index < -0.39 is 35.6 Å². The number of carbonyl (C=O) groups excluding carboxylic acids is 2. The summed E-state index contributed by atoms with van der Waals surface area (Å²) in [4.78, 5) is 31.0. The normalized spacial score (nSPS) is 31.6. The van der Waals surface area contributed by atoms with E-state index in [1.807, 2.05) is 32.2 Å². The lowest BCUT2D eigenvalue weighted by atomic mass is 9.73. The number of aliphatic hydroxyl groups excluding tert-OH is 2. The Balaban J connectivity index is 1.89. The second kappa shape index (κ2) is 14.8. The maximum atomic E-state index is 13.4. The predicted octanol–water partition coefficient (Wildman–Crippen LogP) is 5.40. The van der Waals surface area contributed by atoms with E-state index in [0.717, 1.165) is 48.4 Å². The summed E-state index contributed by atoms with van der Waals surface area (Å²) in [6, 6.07) is 0. The van der Waals surface area contributed by atoms with Gasteiger partial charge in [0.1, 0.15) is 11.9 Å². The second-order valence-corrected chi connectivity index (χ2v) is 13.0. The third-order valence-corrected chi connectivity index (χ3v) is 9.09. The van der Waals surface area contributed by atoms with Gasteiger partial charge in [0, 0.05) is 24.1 Å². The van der Waals surface area contributed by atoms with Crippen molar-refractivity contribution in [2.75, 3.05) is 13.2 Å². The summed E-state index contributed by atoms with van der Waals surface area (Å²) in [6.07, 6.45) is 5.39. The van der Waals surface area contributed by atoms with Gasteiger partial charge < -0.3 is 24.4 Å². The lowest BCUT2D eigenvalue weighted by Gasteiger charge is -2.34. The maximum absolute atomic E-state index is 13.4. The molecule has 1 saturated heterocycles. The number of Topliss-reactive ketones (excluding diaryl/α,β-unsaturated/α-hetero) is 1. The van der Waals surface area contributed by atoms with E-state index in [2.05, 4.69) is 11.1 Å². The number of rotatable bonds is 5. The van der Waals surface area contributed by atoms with Gasteiger partial charge in [0.25, 0.3) is 0 Å². The number of thiazole rings is 1. The molecule has 8 nitrogen and oxygen atoms in total. The van der Waals surface area contributed by atoms with Gasteiger partial charge in [-0.2, -0.15) is 0 Å². The Morgan fingerprint density at radius 1 is 1.20 bits per heavy atom. The van der Waals surface area contributed by atoms with Crippen molar-refractivity contribution in [2.45, 2.75) is 111 Å². The van der Waals surface area contributed by atoms with Crippen LogP contribution in [0, 0.1) is 24.2 Å². The van der Waals surface area contributed by atoms with Crippen molar-refractivity contribution < 1.29 is 34.0 Å². The summed E-state index contributed by atoms with van der Waals surface area (Å²) >= 11 is 1.56. The Labute approximate surface area is 242 Å². The van der Waals surface area contributed by atoms with E-state index in [9.17, 15) is 19.8 Å². The molecule has 0 saturated carbocycles. The molecule has 0 radical (unpaired) electrons. The number of hydrogen-bond donors (Lipinski definition) is 2. The number of aromatic nitrogens is 1. The monoisotopic (exact) mass is 577 g/mol. The van der Waals surface area contributed by atoms with E-state index in [1.165, 1.54) is 5.57 Å². The molecule has 2 aliphatic heterocycles. The van der Waals surface area contributed by atoms with Crippen molar-refractivity contribution in [3.8, 4) is 0 Å². The number of ether oxygens (including phenoxy) is 3. The quantitative estimate of drug-likeness (QED) is 0.353. The van der Waals surface area contributed by atoms with Crippen LogP contribution >= 0.6 is 11.3 Å². The average molecular weight is 578 g/mol. The van der Waals surface area contributed by atoms with Crippen LogP contribution in [0.25, 0.3) is 6.08 Å². The van der Waals surface area contributed by atoms with E-state index in [-0.39, 0.29) is 24.4 Å². The molecule has 0 bridgehead atoms. The zero-order valence-electron chi connectivity index (χ0n) is 24.9. The van der Waals surface area contributed by atoms with Crippen LogP contribution in [-0.2, 0) is 23.8 Å². The van der Waals surface area contributed by atoms with Crippen LogP contribution in [0.2, 0.25) is 0 Å². The lowest BCUT2D eigenvalue weighted by molar-refractivity contribution is -0.154. The van der Waals surface area contributed by atoms with Gasteiger partial charge >= 0.3 is 5.97 Å². The topological polar surface area (TPSA) is 115 Å². The zero-order valence-corrected chi connectivity index (χ0v) is 25.7. The van der Waals surface area contributed by atoms with E-state index >= 15 is 0 Å². The molecule has 0 aromatic carbocycles. The molecule has 1 aromatic rings. The van der Waals surface area contributed by atoms with Crippen LogP contribution in [-0.4, -0.2) is 64.8 Å². The molecule has 0 spiro atoms. The first-order valence-corrected chi connectivity index (χ1v) is 15.4. The molecular formula is C31H47NO7S. The maximum Gasteiger partial charge on any atom is 0.309 e. The number of allylic oxidation sites excluding steroid dienone is 1. The predicted molar refractivity (Wildman–Crippen MR) is 156 cm³/mol. The lowest BCUT2D eigenvalue weighted by Crippen LogP contribution is -2.45. The van der Waals surface area contributed by atoms with Gasteiger partial charge in [-0.1, -0.05) is 39.3 Å². The minimum Gasteiger partial charge on any atom is -0.457 e. The Bertz CT molecular complexity index is 1060. The molecule has 9 heteroatoms. The highest BCUT2D eigenvalue weighted by Gasteiger charge is 2.42. The third-order valence-electron chi connectivity index (χ3n) is 8.30. The van der Waals surface area contributed by atoms with Crippen molar-refractivity contribution in [3.05, 3.63) is 33.3 Å². The SMILES string of the molecule is C/C(=C\c1csc(C)n1)[C@@H]1C/C=C(/CCC2OCCO2)CCC[C@H](C)C(O)[C@@H](C)C(=O)C(C)(C)[C@@H](O)CC(=O)O1. The van der Waals surface area contributed by atoms with Crippen molar-refractivity contribution >= 4 is 29.2 Å². The van der Waals surface area contributed by atoms with Gasteiger partial charge in [0.2, 0.25) is 0 Å². The fourth-order valence-corrected chi connectivity index (χ4v) is 5.99. The number of ketones is 1. The number of cyclic esters (lactones) is 1. The molecule has 3 heterocycles. The molecule has 3 rings (SSSR count). The molecule has 0 amide bonds. The fraction of sp³-hybridized carbons (Fsp3) is 0.710. The van der Waals surface area contributed by atoms with Crippen molar-refractivity contribution in [3.63, 3.8) is 0 Å². The average Bonchev–Trinajstić information content (AvgIpc) is 3.58. The van der Waals surface area contributed by atoms with E-state index in [0.29, 0.717) is 19.6 Å². The first-order valence-electron chi connectivity index (χ1n) is 14.5. The summed E-state index contributed by atoms with van der Waals surface area (Å²) in [5, 5.41) is 24.9. The van der Waals surface area contributed by atoms with Crippen LogP contribution in [0.4, 0.5) is 0 Å². The first kappa shape index (κ1) is 32.6. The van der Waals surface area contributed by atoms with Crippen LogP contribution in [0.15, 0.2) is 22.6 Å². The van der Waals surface area contributed by atoms with Crippen LogP contribution in [0.5, 0.6) is 0 Å². The number of aryl methyl sites for hydroxylation is 1. The number of nitrogens with zero attached hydrogens (tertiary/aromatic N) is 1. The highest BCUT2D eigenvalue weighted by atomic mass is 32.1. The smallest absolute Gasteiger partial charge is 0.309 e. The van der Waals surface area contributed by atoms with E-state index in [4.69, 9.17) is 14.2 Å². The van der Waals surface area contributed by atoms with Crippen molar-refractivity contribution in [1.29, 1.82) is 0 Å². The van der Waals surface area contributed by atoms with Crippen LogP contribution < -0.4 is 0 Å². The summed E-state index contributed by atoms with van der Waals surface area (Å²) < 4.78 is 17.2. The summed E-state index contributed by atoms with van der Waals surface area (Å²) in [5.74, 6) is -1.60. The summed E-state index contributed by atoms with van der Waals surface area (Å²) in [7, 11) is 0. The molecule has 5 atom stereocenters. The summed E-state index contributed by atoms with van der Waals surface area (Å²) in [5.41, 5.74) is 1.67. The van der Waals surface area contributed by atoms with Crippen LogP contribution in [0.3, 0.4) is 0 Å². The molecular weight excluding hydrogens is 530 g/mol. The van der Waals surface area contributed by atoms with Gasteiger partial charge in [-0.25, -0.2) is 4.98 Å². The van der Waals surface area contributed by atoms with Gasteiger partial charge in [-0.3, -0.25) is 9.59 Å². The van der Waals surface area contributed by atoms with E-state index in [1.54, 1.807) is 32.1 Å². The van der Waals surface area contributed by atoms with Gasteiger partial charge in [-0.05, 0) is 57.1 Å². The Morgan fingerprint density at radius 3 is 2.55 bits per heavy atom. The second-order valence-electron chi connectivity index (χ2n) is 11.9. The van der Waals surface area contributed by atoms with Crippen LogP contribution in [0.1, 0.15) is 90.3 Å². The largest absolute Gasteiger partial charge is 0.457 e. The molecule has 40 heavy (non-hydrogen) atoms. The highest BCUT2D eigenvalue weighted by molar-refractivity contribution is 7.09. The zero-order chi connectivity index (χ0) is 29.4. The highest BCUT2D eigenvalue weighted by Crippen LogP contribution is 2.33. The van der Waals surface area contributed by atoms with Crippen molar-refractivity contribution in [2.24, 2.45) is 17.3 Å². The van der Waals surface area contributed by atoms with Gasteiger partial charge in [0.05, 0.1) is 48.0 Å². The van der Waals surface area contributed by atoms with Gasteiger partial charge in [0.15, 0.2) is 6.29 Å². The molecule has 2 aliphatic rings. The Morgan fingerprint density at radius 2 is 1.90 bits per heavy atom. The number of esters is 1. The summed E-state index contributed by atoms with van der Waals surface area (Å²) in [6.45, 7) is 12.0. The Kier molecular flexibility index (Phi) is 12.1. The van der Waals surface area contributed by atoms with Crippen molar-refractivity contribution in [1.82, 2.24) is 4.98 Å². The van der Waals surface area contributed by atoms with Gasteiger partial charge in [-0.15, -0.1) is 11.3 Å². The fourth-order valence-electron chi connectivity index (χ4n) is 5.42. The minimum absolute atomic E-state index is 0.0907. The minimum atomic E-state index is -1.24. The molecule has 0 aliphatic carbocycles. The molecule has 1 fully saturated rings. The molecule has 1 unspecified atom stereocenters. The molecule has 224 valence electrons. The number of aliphatic hydroxyl groups is 2. The molecule has 2 N–H and O–H groups in total. The third kappa shape index (κ3) is 9.05. The standard InChI is InChI=1S/C31H47NO7S/c1-19-8-7-9-23(11-13-28-37-14-15-38-28)10-12-25(20(2)16-24-18-40-22(4)32-24)39-27(34)17-26(33)31(5,6)30(36)21(3)29(19)35/h10,16,18-19,21,25-26,28-29,33,35H,7-9,11-15,17H2,1-6H3/b20-16+,23-10+/t19-,21+,25-,26-,29?/m0/s1. The Hall–Kier alpha value is -1.91. The first-order chi connectivity index (χ1) is 18.9. The number of hydrogen-bond acceptors (Lipinski definition) is 9. The molecule has 1 aromatic heterocycles.